The molecule has 1 aliphatic heterocycles. The average molecular weight is 307 g/mol. The zero-order chi connectivity index (χ0) is 11.8. The molecule has 3 rings (SSSR count). The molecule has 1 nitrogen and oxygen atoms in total. The fraction of sp³-hybridized carbons (Fsp3) is 0.143. The lowest BCUT2D eigenvalue weighted by Crippen LogP contribution is -2.17. The molecule has 0 saturated heterocycles. The van der Waals surface area contributed by atoms with E-state index in [4.69, 9.17) is 0 Å². The second-order valence-electron chi connectivity index (χ2n) is 4.09. The maximum Gasteiger partial charge on any atom is 0.0674 e. The minimum atomic E-state index is -0.943. The van der Waals surface area contributed by atoms with E-state index in [2.05, 4.69) is 46.3 Å². The Morgan fingerprint density at radius 2 is 1.88 bits per heavy atom. The molecule has 0 N–H and O–H groups in total. The average Bonchev–Trinajstić information content (AvgIpc) is 2.37. The molecule has 0 radical (unpaired) electrons. The van der Waals surface area contributed by atoms with Gasteiger partial charge in [0, 0.05) is 10.2 Å². The molecule has 2 aromatic rings. The summed E-state index contributed by atoms with van der Waals surface area (Å²) in [4.78, 5) is 0.954. The van der Waals surface area contributed by atoms with Crippen LogP contribution in [0.25, 0.3) is 16.8 Å². The van der Waals surface area contributed by atoms with Gasteiger partial charge in [-0.3, -0.25) is 4.21 Å². The molecule has 0 bridgehead atoms. The highest BCUT2D eigenvalue weighted by Crippen LogP contribution is 2.29. The van der Waals surface area contributed by atoms with Gasteiger partial charge in [0.25, 0.3) is 0 Å². The van der Waals surface area contributed by atoms with Crippen molar-refractivity contribution in [2.24, 2.45) is 0 Å². The quantitative estimate of drug-likeness (QED) is 0.734. The van der Waals surface area contributed by atoms with E-state index >= 15 is 0 Å². The predicted octanol–water partition coefficient (Wildman–Crippen LogP) is 3.74. The lowest BCUT2D eigenvalue weighted by Gasteiger charge is -2.17. The van der Waals surface area contributed by atoms with Crippen molar-refractivity contribution in [3.05, 3.63) is 48.0 Å². The van der Waals surface area contributed by atoms with Crippen molar-refractivity contribution in [3.63, 3.8) is 0 Å². The summed E-state index contributed by atoms with van der Waals surface area (Å²) in [6.45, 7) is 0. The molecule has 3 heteroatoms. The molecule has 0 fully saturated rings. The Balaban J connectivity index is 2.24. The second kappa shape index (κ2) is 4.39. The van der Waals surface area contributed by atoms with Gasteiger partial charge in [-0.05, 0) is 28.5 Å². The molecule has 1 heterocycles. The Morgan fingerprint density at radius 3 is 2.59 bits per heavy atom. The minimum absolute atomic E-state index is 0.0867. The molecule has 0 aliphatic carbocycles. The molecular formula is C14H11BrOS. The molecule has 2 atom stereocenters. The molecule has 1 aliphatic rings. The Morgan fingerprint density at radius 1 is 1.18 bits per heavy atom. The first-order valence-corrected chi connectivity index (χ1v) is 7.80. The lowest BCUT2D eigenvalue weighted by atomic mass is 10.1. The topological polar surface area (TPSA) is 17.1 Å². The van der Waals surface area contributed by atoms with Crippen molar-refractivity contribution >= 4 is 43.6 Å². The predicted molar refractivity (Wildman–Crippen MR) is 77.0 cm³/mol. The second-order valence-corrected chi connectivity index (χ2v) is 6.37. The first kappa shape index (κ1) is 11.2. The Kier molecular flexibility index (Phi) is 2.89. The molecule has 0 aromatic heterocycles. The summed E-state index contributed by atoms with van der Waals surface area (Å²) in [5, 5.41) is 3.18. The molecule has 2 aromatic carbocycles. The molecular weight excluding hydrogens is 296 g/mol. The Hall–Kier alpha value is -0.930. The molecule has 0 amide bonds. The van der Waals surface area contributed by atoms with Crippen LogP contribution in [0.3, 0.4) is 0 Å². The summed E-state index contributed by atoms with van der Waals surface area (Å²) in [5.74, 6) is 0. The van der Waals surface area contributed by atoms with Crippen LogP contribution in [0.1, 0.15) is 5.56 Å². The molecule has 17 heavy (non-hydrogen) atoms. The van der Waals surface area contributed by atoms with Crippen LogP contribution >= 0.6 is 15.9 Å². The fourth-order valence-corrected chi connectivity index (χ4v) is 4.30. The molecule has 0 saturated carbocycles. The van der Waals surface area contributed by atoms with E-state index in [9.17, 15) is 4.21 Å². The van der Waals surface area contributed by atoms with E-state index < -0.39 is 10.8 Å². The number of rotatable bonds is 1. The van der Waals surface area contributed by atoms with Gasteiger partial charge in [-0.25, -0.2) is 0 Å². The number of alkyl halides is 1. The number of halogens is 1. The van der Waals surface area contributed by atoms with E-state index in [1.54, 1.807) is 0 Å². The van der Waals surface area contributed by atoms with E-state index in [-0.39, 0.29) is 5.25 Å². The summed E-state index contributed by atoms with van der Waals surface area (Å²) in [6.07, 6.45) is 4.11. The third-order valence-corrected chi connectivity index (χ3v) is 5.80. The molecule has 0 spiro atoms. The van der Waals surface area contributed by atoms with Crippen LogP contribution in [0.4, 0.5) is 0 Å². The van der Waals surface area contributed by atoms with Gasteiger partial charge in [0.15, 0.2) is 0 Å². The van der Waals surface area contributed by atoms with Crippen molar-refractivity contribution < 1.29 is 4.21 Å². The maximum atomic E-state index is 12.3. The highest BCUT2D eigenvalue weighted by atomic mass is 79.9. The van der Waals surface area contributed by atoms with Crippen molar-refractivity contribution in [1.29, 1.82) is 0 Å². The largest absolute Gasteiger partial charge is 0.254 e. The van der Waals surface area contributed by atoms with Crippen LogP contribution in [0.5, 0.6) is 0 Å². The van der Waals surface area contributed by atoms with Gasteiger partial charge in [0.1, 0.15) is 0 Å². The van der Waals surface area contributed by atoms with Crippen LogP contribution in [-0.4, -0.2) is 14.8 Å². The Bertz CT molecular complexity index is 633. The third kappa shape index (κ3) is 1.87. The fourth-order valence-electron chi connectivity index (χ4n) is 2.10. The van der Waals surface area contributed by atoms with Gasteiger partial charge in [-0.2, -0.15) is 0 Å². The summed E-state index contributed by atoms with van der Waals surface area (Å²) < 4.78 is 12.3. The minimum Gasteiger partial charge on any atom is -0.254 e. The van der Waals surface area contributed by atoms with Crippen LogP contribution in [0.2, 0.25) is 0 Å². The SMILES string of the molecule is O=S1c2cc3ccccc3cc2C=CC1CBr. The van der Waals surface area contributed by atoms with Gasteiger partial charge in [-0.15, -0.1) is 0 Å². The van der Waals surface area contributed by atoms with Gasteiger partial charge in [0.05, 0.1) is 16.0 Å². The summed E-state index contributed by atoms with van der Waals surface area (Å²) >= 11 is 3.41. The highest BCUT2D eigenvalue weighted by molar-refractivity contribution is 9.09. The standard InChI is InChI=1S/C14H11BrOS/c15-9-13-6-5-12-7-10-3-1-2-4-11(10)8-14(12)17(13)16/h1-8,13H,9H2. The number of benzene rings is 2. The van der Waals surface area contributed by atoms with Gasteiger partial charge in [-0.1, -0.05) is 52.3 Å². The van der Waals surface area contributed by atoms with Crippen molar-refractivity contribution in [1.82, 2.24) is 0 Å². The normalized spacial score (nSPS) is 22.6. The van der Waals surface area contributed by atoms with Crippen LogP contribution < -0.4 is 0 Å². The zero-order valence-corrected chi connectivity index (χ0v) is 11.5. The Labute approximate surface area is 111 Å². The van der Waals surface area contributed by atoms with E-state index in [0.29, 0.717) is 0 Å². The third-order valence-electron chi connectivity index (χ3n) is 3.01. The van der Waals surface area contributed by atoms with E-state index in [1.165, 1.54) is 5.39 Å². The van der Waals surface area contributed by atoms with Gasteiger partial charge in [0.2, 0.25) is 0 Å². The number of hydrogen-bond donors (Lipinski definition) is 0. The van der Waals surface area contributed by atoms with Crippen LogP contribution in [-0.2, 0) is 10.8 Å². The zero-order valence-electron chi connectivity index (χ0n) is 9.10. The molecule has 2 unspecified atom stereocenters. The number of fused-ring (bicyclic) bond motifs is 2. The summed E-state index contributed by atoms with van der Waals surface area (Å²) in [5.41, 5.74) is 1.08. The van der Waals surface area contributed by atoms with Gasteiger partial charge < -0.3 is 0 Å². The van der Waals surface area contributed by atoms with Crippen molar-refractivity contribution in [3.8, 4) is 0 Å². The van der Waals surface area contributed by atoms with Crippen LogP contribution in [0, 0.1) is 0 Å². The van der Waals surface area contributed by atoms with Gasteiger partial charge >= 0.3 is 0 Å². The smallest absolute Gasteiger partial charge is 0.0674 e. The maximum absolute atomic E-state index is 12.3. The first-order valence-electron chi connectivity index (χ1n) is 5.47. The van der Waals surface area contributed by atoms with E-state index in [1.807, 2.05) is 18.2 Å². The lowest BCUT2D eigenvalue weighted by molar-refractivity contribution is 0.679. The van der Waals surface area contributed by atoms with Crippen molar-refractivity contribution in [2.45, 2.75) is 10.1 Å². The summed E-state index contributed by atoms with van der Waals surface area (Å²) in [7, 11) is -0.943. The monoisotopic (exact) mass is 306 g/mol. The summed E-state index contributed by atoms with van der Waals surface area (Å²) in [6, 6.07) is 12.4. The molecule has 86 valence electrons. The van der Waals surface area contributed by atoms with Crippen molar-refractivity contribution in [2.75, 3.05) is 5.33 Å². The first-order chi connectivity index (χ1) is 8.29. The van der Waals surface area contributed by atoms with Crippen LogP contribution in [0.15, 0.2) is 47.4 Å². The number of hydrogen-bond acceptors (Lipinski definition) is 1. The highest BCUT2D eigenvalue weighted by Gasteiger charge is 2.21. The van der Waals surface area contributed by atoms with E-state index in [0.717, 1.165) is 21.2 Å².